The minimum Gasteiger partial charge on any atom is -0.380 e. The molecular formula is C29H30N4O3. The first-order valence-electron chi connectivity index (χ1n) is 12.6. The highest BCUT2D eigenvalue weighted by Gasteiger charge is 2.34. The summed E-state index contributed by atoms with van der Waals surface area (Å²) in [7, 11) is 1.69. The van der Waals surface area contributed by atoms with Crippen LogP contribution in [0.1, 0.15) is 34.8 Å². The molecule has 0 saturated carbocycles. The van der Waals surface area contributed by atoms with Gasteiger partial charge in [-0.15, -0.1) is 0 Å². The van der Waals surface area contributed by atoms with Gasteiger partial charge in [0.15, 0.2) is 11.5 Å². The number of rotatable bonds is 7. The Labute approximate surface area is 210 Å². The maximum atomic E-state index is 13.8. The van der Waals surface area contributed by atoms with Gasteiger partial charge in [0, 0.05) is 50.1 Å². The highest BCUT2D eigenvalue weighted by molar-refractivity contribution is 6.28. The number of anilines is 3. The van der Waals surface area contributed by atoms with Crippen LogP contribution in [0.25, 0.3) is 22.2 Å². The van der Waals surface area contributed by atoms with Gasteiger partial charge >= 0.3 is 0 Å². The van der Waals surface area contributed by atoms with Crippen LogP contribution in [-0.4, -0.2) is 55.7 Å². The molecule has 1 N–H and O–H groups in total. The molecule has 4 aromatic rings. The summed E-state index contributed by atoms with van der Waals surface area (Å²) < 4.78 is 11.2. The van der Waals surface area contributed by atoms with E-state index in [0.29, 0.717) is 23.5 Å². The Morgan fingerprint density at radius 1 is 1.03 bits per heavy atom. The molecule has 7 nitrogen and oxygen atoms in total. The van der Waals surface area contributed by atoms with Crippen LogP contribution in [0.15, 0.2) is 59.1 Å². The topological polar surface area (TPSA) is 70.8 Å². The second-order valence-electron chi connectivity index (χ2n) is 9.51. The fourth-order valence-corrected chi connectivity index (χ4v) is 5.42. The molecule has 0 bridgehead atoms. The van der Waals surface area contributed by atoms with Gasteiger partial charge in [0.1, 0.15) is 5.52 Å². The molecule has 0 amide bonds. The van der Waals surface area contributed by atoms with Gasteiger partial charge in [-0.2, -0.15) is 0 Å². The van der Waals surface area contributed by atoms with Crippen molar-refractivity contribution in [3.05, 3.63) is 71.3 Å². The normalized spacial score (nSPS) is 15.4. The summed E-state index contributed by atoms with van der Waals surface area (Å²) in [6.07, 6.45) is 1.16. The number of aromatic nitrogens is 1. The van der Waals surface area contributed by atoms with Crippen molar-refractivity contribution in [1.82, 2.24) is 10.1 Å². The quantitative estimate of drug-likeness (QED) is 0.330. The molecule has 3 aromatic carbocycles. The van der Waals surface area contributed by atoms with E-state index in [-0.39, 0.29) is 5.78 Å². The number of hydrogen-bond acceptors (Lipinski definition) is 7. The van der Waals surface area contributed by atoms with Gasteiger partial charge < -0.3 is 19.5 Å². The molecule has 7 heteroatoms. The van der Waals surface area contributed by atoms with E-state index >= 15 is 0 Å². The van der Waals surface area contributed by atoms with Crippen LogP contribution in [0.2, 0.25) is 0 Å². The zero-order valence-corrected chi connectivity index (χ0v) is 20.7. The van der Waals surface area contributed by atoms with E-state index in [2.05, 4.69) is 33.3 Å². The number of fused-ring (bicyclic) bond motifs is 2. The third kappa shape index (κ3) is 3.85. The van der Waals surface area contributed by atoms with E-state index in [1.54, 1.807) is 7.11 Å². The lowest BCUT2D eigenvalue weighted by atomic mass is 9.86. The van der Waals surface area contributed by atoms with Gasteiger partial charge in [0.25, 0.3) is 0 Å². The first-order valence-corrected chi connectivity index (χ1v) is 12.6. The minimum atomic E-state index is -0.0101. The predicted molar refractivity (Wildman–Crippen MR) is 142 cm³/mol. The van der Waals surface area contributed by atoms with E-state index < -0.39 is 0 Å². The van der Waals surface area contributed by atoms with Crippen molar-refractivity contribution in [3.63, 3.8) is 0 Å². The number of nitrogens with zero attached hydrogens (tertiary/aromatic N) is 3. The highest BCUT2D eigenvalue weighted by atomic mass is 16.5. The molecule has 1 saturated heterocycles. The van der Waals surface area contributed by atoms with Crippen molar-refractivity contribution in [3.8, 4) is 11.3 Å². The van der Waals surface area contributed by atoms with Gasteiger partial charge in [0.2, 0.25) is 0 Å². The third-order valence-electron chi connectivity index (χ3n) is 7.18. The average Bonchev–Trinajstić information content (AvgIpc) is 3.35. The molecule has 0 atom stereocenters. The third-order valence-corrected chi connectivity index (χ3v) is 7.18. The van der Waals surface area contributed by atoms with Crippen molar-refractivity contribution in [1.29, 1.82) is 0 Å². The summed E-state index contributed by atoms with van der Waals surface area (Å²) in [5, 5.41) is 8.84. The van der Waals surface area contributed by atoms with Crippen LogP contribution in [0, 0.1) is 0 Å². The lowest BCUT2D eigenvalue weighted by molar-refractivity contribution is 0.104. The number of carbonyl (C=O) groups excluding carboxylic acids is 1. The Balaban J connectivity index is 1.47. The molecule has 2 heterocycles. The number of piperazine rings is 1. The van der Waals surface area contributed by atoms with Crippen molar-refractivity contribution < 1.29 is 14.1 Å². The predicted octanol–water partition coefficient (Wildman–Crippen LogP) is 5.46. The summed E-state index contributed by atoms with van der Waals surface area (Å²) in [5.41, 5.74) is 6.61. The van der Waals surface area contributed by atoms with Crippen LogP contribution < -0.4 is 10.2 Å². The van der Waals surface area contributed by atoms with Crippen LogP contribution in [0.4, 0.5) is 17.1 Å². The Bertz CT molecular complexity index is 1420. The van der Waals surface area contributed by atoms with Gasteiger partial charge in [-0.3, -0.25) is 9.69 Å². The molecule has 1 aliphatic heterocycles. The van der Waals surface area contributed by atoms with Crippen molar-refractivity contribution in [2.24, 2.45) is 0 Å². The number of methoxy groups -OCH3 is 1. The van der Waals surface area contributed by atoms with E-state index in [9.17, 15) is 4.79 Å². The number of benzene rings is 3. The maximum absolute atomic E-state index is 13.8. The Kier molecular flexibility index (Phi) is 5.95. The van der Waals surface area contributed by atoms with Crippen LogP contribution in [-0.2, 0) is 11.3 Å². The number of carbonyl (C=O) groups is 1. The lowest BCUT2D eigenvalue weighted by Crippen LogP contribution is -2.46. The highest BCUT2D eigenvalue weighted by Crippen LogP contribution is 2.46. The van der Waals surface area contributed by atoms with E-state index in [0.717, 1.165) is 78.2 Å². The average molecular weight is 483 g/mol. The Morgan fingerprint density at radius 3 is 2.50 bits per heavy atom. The standard InChI is InChI=1S/C29H30N4O3/c1-3-12-32-13-15-33(16-14-32)24-17-23(30-20-10-8-19(9-11-20)18-35-2)25-26-27(24)31-36-29(26)22-7-5-4-6-21(22)28(25)34/h4-11,17,30H,3,12-16,18H2,1-2H3. The van der Waals surface area contributed by atoms with E-state index in [1.807, 2.05) is 48.5 Å². The monoisotopic (exact) mass is 482 g/mol. The van der Waals surface area contributed by atoms with Gasteiger partial charge in [-0.25, -0.2) is 0 Å². The van der Waals surface area contributed by atoms with Gasteiger partial charge in [0.05, 0.1) is 28.9 Å². The second kappa shape index (κ2) is 9.41. The summed E-state index contributed by atoms with van der Waals surface area (Å²) in [5.74, 6) is 0.657. The summed E-state index contributed by atoms with van der Waals surface area (Å²) in [4.78, 5) is 18.7. The van der Waals surface area contributed by atoms with E-state index in [4.69, 9.17) is 9.26 Å². The molecule has 0 radical (unpaired) electrons. The van der Waals surface area contributed by atoms with Crippen molar-refractivity contribution in [2.75, 3.05) is 50.1 Å². The van der Waals surface area contributed by atoms with E-state index in [1.165, 1.54) is 0 Å². The second-order valence-corrected chi connectivity index (χ2v) is 9.51. The Hall–Kier alpha value is -3.68. The first-order chi connectivity index (χ1) is 17.7. The fraction of sp³-hybridized carbons (Fsp3) is 0.310. The van der Waals surface area contributed by atoms with Crippen molar-refractivity contribution in [2.45, 2.75) is 20.0 Å². The summed E-state index contributed by atoms with van der Waals surface area (Å²) in [6, 6.07) is 17.8. The number of ketones is 1. The Morgan fingerprint density at radius 2 is 1.78 bits per heavy atom. The minimum absolute atomic E-state index is 0.0101. The molecule has 0 unspecified atom stereocenters. The smallest absolute Gasteiger partial charge is 0.196 e. The number of hydrogen-bond donors (Lipinski definition) is 1. The van der Waals surface area contributed by atoms with Gasteiger partial charge in [-0.1, -0.05) is 48.5 Å². The molecule has 36 heavy (non-hydrogen) atoms. The van der Waals surface area contributed by atoms with Crippen LogP contribution >= 0.6 is 0 Å². The van der Waals surface area contributed by atoms with Crippen LogP contribution in [0.3, 0.4) is 0 Å². The summed E-state index contributed by atoms with van der Waals surface area (Å²) >= 11 is 0. The lowest BCUT2D eigenvalue weighted by Gasteiger charge is -2.36. The van der Waals surface area contributed by atoms with Crippen LogP contribution in [0.5, 0.6) is 0 Å². The fourth-order valence-electron chi connectivity index (χ4n) is 5.42. The first kappa shape index (κ1) is 22.8. The molecule has 1 aromatic heterocycles. The molecule has 1 fully saturated rings. The molecule has 2 aliphatic rings. The zero-order chi connectivity index (χ0) is 24.6. The van der Waals surface area contributed by atoms with Gasteiger partial charge in [-0.05, 0) is 36.7 Å². The maximum Gasteiger partial charge on any atom is 0.196 e. The summed E-state index contributed by atoms with van der Waals surface area (Å²) in [6.45, 7) is 7.73. The number of ether oxygens (including phenoxy) is 1. The molecule has 0 spiro atoms. The molecule has 184 valence electrons. The van der Waals surface area contributed by atoms with Crippen molar-refractivity contribution >= 4 is 33.7 Å². The largest absolute Gasteiger partial charge is 0.380 e. The molecule has 1 aliphatic carbocycles. The molecular weight excluding hydrogens is 452 g/mol. The number of nitrogens with one attached hydrogen (secondary N) is 1. The SMILES string of the molecule is CCCN1CCN(c2cc(Nc3ccc(COC)cc3)c3c4c(onc24)-c2ccccc2C3=O)CC1. The molecule has 6 rings (SSSR count). The zero-order valence-electron chi connectivity index (χ0n) is 20.7.